The number of piperidine rings is 1. The van der Waals surface area contributed by atoms with Crippen LogP contribution in [0.5, 0.6) is 0 Å². The molecule has 4 rings (SSSR count). The highest BCUT2D eigenvalue weighted by Crippen LogP contribution is 2.43. The van der Waals surface area contributed by atoms with E-state index in [1.54, 1.807) is 0 Å². The molecule has 4 atom stereocenters. The fraction of sp³-hybridized carbons (Fsp3) is 0.667. The van der Waals surface area contributed by atoms with Crippen LogP contribution in [0.4, 0.5) is 0 Å². The first-order valence-corrected chi connectivity index (χ1v) is 9.81. The molecule has 2 heterocycles. The molecule has 1 aliphatic carbocycles. The molecule has 25 heavy (non-hydrogen) atoms. The van der Waals surface area contributed by atoms with E-state index in [9.17, 15) is 9.90 Å². The molecule has 0 aromatic heterocycles. The molecule has 0 radical (unpaired) electrons. The van der Waals surface area contributed by atoms with Crippen molar-refractivity contribution in [1.82, 2.24) is 4.90 Å². The largest absolute Gasteiger partial charge is 0.458 e. The van der Waals surface area contributed by atoms with Crippen LogP contribution in [0.2, 0.25) is 0 Å². The molecule has 1 N–H and O–H groups in total. The molecule has 3 fully saturated rings. The van der Waals surface area contributed by atoms with Crippen LogP contribution < -0.4 is 0 Å². The third kappa shape index (κ3) is 2.89. The molecule has 0 unspecified atom stereocenters. The van der Waals surface area contributed by atoms with Gasteiger partial charge in [-0.2, -0.15) is 0 Å². The van der Waals surface area contributed by atoms with E-state index in [0.717, 1.165) is 44.9 Å². The molecule has 3 aliphatic rings. The molecule has 1 saturated carbocycles. The number of nitrogens with zero attached hydrogens (tertiary/aromatic N) is 1. The zero-order chi connectivity index (χ0) is 17.4. The van der Waals surface area contributed by atoms with E-state index in [0.29, 0.717) is 17.6 Å². The molecule has 1 aromatic rings. The van der Waals surface area contributed by atoms with Crippen LogP contribution in [0.15, 0.2) is 30.3 Å². The maximum atomic E-state index is 13.2. The monoisotopic (exact) mass is 343 g/mol. The number of likely N-dealkylation sites (N-methyl/N-ethyl adjacent to an activating group) is 1. The second-order valence-corrected chi connectivity index (χ2v) is 8.10. The molecule has 4 heteroatoms. The lowest BCUT2D eigenvalue weighted by molar-refractivity contribution is -0.184. The fourth-order valence-corrected chi connectivity index (χ4v) is 5.31. The Balaban J connectivity index is 1.58. The minimum absolute atomic E-state index is 0.0416. The van der Waals surface area contributed by atoms with Crippen molar-refractivity contribution < 1.29 is 14.6 Å². The highest BCUT2D eigenvalue weighted by atomic mass is 16.6. The summed E-state index contributed by atoms with van der Waals surface area (Å²) < 4.78 is 5.99. The van der Waals surface area contributed by atoms with E-state index in [4.69, 9.17) is 4.74 Å². The Morgan fingerprint density at radius 3 is 2.48 bits per heavy atom. The van der Waals surface area contributed by atoms with Crippen LogP contribution in [0.3, 0.4) is 0 Å². The van der Waals surface area contributed by atoms with Gasteiger partial charge in [0.2, 0.25) is 0 Å². The van der Waals surface area contributed by atoms with Gasteiger partial charge in [0.15, 0.2) is 5.60 Å². The Hall–Kier alpha value is -1.39. The van der Waals surface area contributed by atoms with Gasteiger partial charge in [-0.05, 0) is 51.1 Å². The second-order valence-electron chi connectivity index (χ2n) is 8.10. The number of ether oxygens (including phenoxy) is 1. The fourth-order valence-electron chi connectivity index (χ4n) is 5.31. The van der Waals surface area contributed by atoms with E-state index in [2.05, 4.69) is 11.9 Å². The lowest BCUT2D eigenvalue weighted by Gasteiger charge is -2.39. The summed E-state index contributed by atoms with van der Waals surface area (Å²) in [6, 6.07) is 10.4. The van der Waals surface area contributed by atoms with Crippen LogP contribution in [-0.4, -0.2) is 41.2 Å². The van der Waals surface area contributed by atoms with Crippen molar-refractivity contribution in [2.75, 3.05) is 7.05 Å². The third-order valence-corrected chi connectivity index (χ3v) is 6.84. The van der Waals surface area contributed by atoms with Gasteiger partial charge in [0.25, 0.3) is 0 Å². The van der Waals surface area contributed by atoms with Gasteiger partial charge in [0, 0.05) is 18.0 Å². The van der Waals surface area contributed by atoms with E-state index < -0.39 is 11.6 Å². The molecule has 136 valence electrons. The summed E-state index contributed by atoms with van der Waals surface area (Å²) in [6.45, 7) is 0. The number of hydrogen-bond donors (Lipinski definition) is 1. The number of carbonyl (C=O) groups is 1. The highest BCUT2D eigenvalue weighted by molar-refractivity contribution is 5.82. The maximum absolute atomic E-state index is 13.2. The van der Waals surface area contributed by atoms with E-state index in [1.807, 2.05) is 30.3 Å². The summed E-state index contributed by atoms with van der Waals surface area (Å²) in [5, 5.41) is 11.5. The van der Waals surface area contributed by atoms with Crippen molar-refractivity contribution in [2.24, 2.45) is 5.92 Å². The normalized spacial score (nSPS) is 32.5. The van der Waals surface area contributed by atoms with E-state index in [-0.39, 0.29) is 12.0 Å². The van der Waals surface area contributed by atoms with Gasteiger partial charge in [-0.1, -0.05) is 43.2 Å². The van der Waals surface area contributed by atoms with Gasteiger partial charge < -0.3 is 9.84 Å². The van der Waals surface area contributed by atoms with Gasteiger partial charge in [0.05, 0.1) is 0 Å². The predicted octanol–water partition coefficient (Wildman–Crippen LogP) is 3.23. The average Bonchev–Trinajstić information content (AvgIpc) is 3.24. The standard InChI is InChI=1S/C21H29NO3/c1-22-17-11-13-18(22)19(14-12-17)25-20(23)21(24,16-9-5-6-10-16)15-7-3-2-4-8-15/h2-4,7-8,16-19,24H,5-6,9-14H2,1H3/t17-,18+,19+,21+/m0/s1. The van der Waals surface area contributed by atoms with E-state index in [1.165, 1.54) is 6.42 Å². The first-order valence-electron chi connectivity index (χ1n) is 9.81. The van der Waals surface area contributed by atoms with Gasteiger partial charge in [-0.25, -0.2) is 4.79 Å². The number of esters is 1. The second kappa shape index (κ2) is 6.73. The van der Waals surface area contributed by atoms with Gasteiger partial charge in [-0.15, -0.1) is 0 Å². The topological polar surface area (TPSA) is 49.8 Å². The number of carbonyl (C=O) groups excluding carboxylic acids is 1. The molecule has 2 aliphatic heterocycles. The Bertz CT molecular complexity index is 613. The van der Waals surface area contributed by atoms with Crippen LogP contribution in [0.1, 0.15) is 56.9 Å². The first kappa shape index (κ1) is 17.0. The summed E-state index contributed by atoms with van der Waals surface area (Å²) in [7, 11) is 2.14. The van der Waals surface area contributed by atoms with Crippen molar-refractivity contribution in [2.45, 2.75) is 75.2 Å². The van der Waals surface area contributed by atoms with Crippen LogP contribution in [0.25, 0.3) is 0 Å². The van der Waals surface area contributed by atoms with Crippen molar-refractivity contribution in [3.05, 3.63) is 35.9 Å². The molecular weight excluding hydrogens is 314 g/mol. The molecule has 4 nitrogen and oxygen atoms in total. The van der Waals surface area contributed by atoms with E-state index >= 15 is 0 Å². The Labute approximate surface area is 150 Å². The minimum Gasteiger partial charge on any atom is -0.458 e. The number of hydrogen-bond acceptors (Lipinski definition) is 4. The molecule has 1 aromatic carbocycles. The maximum Gasteiger partial charge on any atom is 0.343 e. The van der Waals surface area contributed by atoms with Gasteiger partial charge in [-0.3, -0.25) is 4.90 Å². The van der Waals surface area contributed by atoms with Gasteiger partial charge in [0.1, 0.15) is 6.10 Å². The number of fused-ring (bicyclic) bond motifs is 2. The zero-order valence-electron chi connectivity index (χ0n) is 15.1. The highest BCUT2D eigenvalue weighted by Gasteiger charge is 2.50. The smallest absolute Gasteiger partial charge is 0.343 e. The number of aliphatic hydroxyl groups is 1. The molecule has 2 saturated heterocycles. The summed E-state index contributed by atoms with van der Waals surface area (Å²) in [6.07, 6.45) is 8.11. The Morgan fingerprint density at radius 1 is 1.08 bits per heavy atom. The molecule has 2 bridgehead atoms. The van der Waals surface area contributed by atoms with Crippen molar-refractivity contribution in [3.8, 4) is 0 Å². The molecule has 0 spiro atoms. The zero-order valence-corrected chi connectivity index (χ0v) is 15.1. The van der Waals surface area contributed by atoms with Crippen LogP contribution >= 0.6 is 0 Å². The van der Waals surface area contributed by atoms with Crippen LogP contribution in [0, 0.1) is 5.92 Å². The van der Waals surface area contributed by atoms with Crippen molar-refractivity contribution in [1.29, 1.82) is 0 Å². The Morgan fingerprint density at radius 2 is 1.76 bits per heavy atom. The summed E-state index contributed by atoms with van der Waals surface area (Å²) in [4.78, 5) is 15.6. The number of rotatable bonds is 4. The van der Waals surface area contributed by atoms with Crippen LogP contribution in [-0.2, 0) is 15.1 Å². The number of benzene rings is 1. The van der Waals surface area contributed by atoms with Crippen molar-refractivity contribution in [3.63, 3.8) is 0 Å². The minimum atomic E-state index is -1.51. The Kier molecular flexibility index (Phi) is 4.59. The lowest BCUT2D eigenvalue weighted by atomic mass is 9.80. The molecular formula is C21H29NO3. The average molecular weight is 343 g/mol. The van der Waals surface area contributed by atoms with Gasteiger partial charge >= 0.3 is 5.97 Å². The third-order valence-electron chi connectivity index (χ3n) is 6.84. The summed E-state index contributed by atoms with van der Waals surface area (Å²) in [5.41, 5.74) is -0.827. The summed E-state index contributed by atoms with van der Waals surface area (Å²) >= 11 is 0. The lowest BCUT2D eigenvalue weighted by Crippen LogP contribution is -2.51. The summed E-state index contributed by atoms with van der Waals surface area (Å²) in [5.74, 6) is -0.477. The molecule has 0 amide bonds. The predicted molar refractivity (Wildman–Crippen MR) is 96.0 cm³/mol. The SMILES string of the molecule is CN1[C@H]2CC[C@@H]1[C@H](OC(=O)[C@@](O)(c1ccccc1)C1CCCC1)CC2. The van der Waals surface area contributed by atoms with Crippen molar-refractivity contribution >= 4 is 5.97 Å². The quantitative estimate of drug-likeness (QED) is 0.853. The first-order chi connectivity index (χ1) is 12.1.